The lowest BCUT2D eigenvalue weighted by Gasteiger charge is -2.05. The molecule has 0 fully saturated rings. The van der Waals surface area contributed by atoms with E-state index in [1.54, 1.807) is 19.2 Å². The lowest BCUT2D eigenvalue weighted by Crippen LogP contribution is -2.10. The quantitative estimate of drug-likeness (QED) is 0.811. The molecule has 0 radical (unpaired) electrons. The van der Waals surface area contributed by atoms with Gasteiger partial charge < -0.3 is 10.1 Å². The Balaban J connectivity index is 2.65. The number of carbonyl (C=O) groups is 1. The summed E-state index contributed by atoms with van der Waals surface area (Å²) < 4.78 is 4.97. The van der Waals surface area contributed by atoms with Crippen LogP contribution < -0.4 is 5.32 Å². The van der Waals surface area contributed by atoms with E-state index < -0.39 is 0 Å². The highest BCUT2D eigenvalue weighted by atomic mass is 16.5. The first-order valence-corrected chi connectivity index (χ1v) is 4.51. The highest BCUT2D eigenvalue weighted by Gasteiger charge is 2.01. The number of nitriles is 1. The summed E-state index contributed by atoms with van der Waals surface area (Å²) in [4.78, 5) is 11.1. The first-order valence-electron chi connectivity index (χ1n) is 4.51. The SMILES string of the molecule is COCc1cccc(NC(=O)CC#N)c1. The van der Waals surface area contributed by atoms with Gasteiger partial charge in [-0.3, -0.25) is 4.79 Å². The smallest absolute Gasteiger partial charge is 0.238 e. The van der Waals surface area contributed by atoms with Crippen LogP contribution >= 0.6 is 0 Å². The zero-order chi connectivity index (χ0) is 11.1. The Labute approximate surface area is 88.5 Å². The van der Waals surface area contributed by atoms with Gasteiger partial charge in [0.25, 0.3) is 0 Å². The fourth-order valence-electron chi connectivity index (χ4n) is 1.18. The second kappa shape index (κ2) is 5.78. The number of carbonyl (C=O) groups excluding carboxylic acids is 1. The minimum atomic E-state index is -0.299. The third-order valence-corrected chi connectivity index (χ3v) is 1.76. The average molecular weight is 204 g/mol. The van der Waals surface area contributed by atoms with Crippen LogP contribution in [0.15, 0.2) is 24.3 Å². The van der Waals surface area contributed by atoms with E-state index >= 15 is 0 Å². The minimum Gasteiger partial charge on any atom is -0.380 e. The molecule has 4 heteroatoms. The Morgan fingerprint density at radius 3 is 3.07 bits per heavy atom. The van der Waals surface area contributed by atoms with Crippen LogP contribution in [-0.2, 0) is 16.1 Å². The number of hydrogen-bond donors (Lipinski definition) is 1. The average Bonchev–Trinajstić information content (AvgIpc) is 2.19. The third-order valence-electron chi connectivity index (χ3n) is 1.76. The predicted molar refractivity (Wildman–Crippen MR) is 56.0 cm³/mol. The van der Waals surface area contributed by atoms with E-state index in [1.807, 2.05) is 18.2 Å². The molecular formula is C11H12N2O2. The topological polar surface area (TPSA) is 62.1 Å². The lowest BCUT2D eigenvalue weighted by atomic mass is 10.2. The highest BCUT2D eigenvalue weighted by Crippen LogP contribution is 2.11. The van der Waals surface area contributed by atoms with Crippen molar-refractivity contribution < 1.29 is 9.53 Å². The summed E-state index contributed by atoms with van der Waals surface area (Å²) in [5.74, 6) is -0.299. The lowest BCUT2D eigenvalue weighted by molar-refractivity contribution is -0.115. The monoisotopic (exact) mass is 204 g/mol. The number of rotatable bonds is 4. The molecular weight excluding hydrogens is 192 g/mol. The molecule has 1 amide bonds. The summed E-state index contributed by atoms with van der Waals surface area (Å²) in [5, 5.41) is 10.9. The largest absolute Gasteiger partial charge is 0.380 e. The maximum Gasteiger partial charge on any atom is 0.238 e. The summed E-state index contributed by atoms with van der Waals surface area (Å²) in [5.41, 5.74) is 1.66. The molecule has 0 aliphatic carbocycles. The molecule has 1 aromatic rings. The molecule has 15 heavy (non-hydrogen) atoms. The number of hydrogen-bond acceptors (Lipinski definition) is 3. The van der Waals surface area contributed by atoms with Gasteiger partial charge in [-0.25, -0.2) is 0 Å². The molecule has 78 valence electrons. The van der Waals surface area contributed by atoms with Crippen molar-refractivity contribution in [2.45, 2.75) is 13.0 Å². The maximum atomic E-state index is 11.1. The zero-order valence-corrected chi connectivity index (χ0v) is 8.49. The summed E-state index contributed by atoms with van der Waals surface area (Å²) in [6.07, 6.45) is -0.130. The van der Waals surface area contributed by atoms with Crippen molar-refractivity contribution in [1.82, 2.24) is 0 Å². The molecule has 0 saturated carbocycles. The van der Waals surface area contributed by atoms with Crippen LogP contribution in [0.25, 0.3) is 0 Å². The molecule has 0 bridgehead atoms. The third kappa shape index (κ3) is 3.79. The van der Waals surface area contributed by atoms with E-state index in [9.17, 15) is 4.79 Å². The Bertz CT molecular complexity index is 382. The maximum absolute atomic E-state index is 11.1. The number of methoxy groups -OCH3 is 1. The van der Waals surface area contributed by atoms with Gasteiger partial charge in [0.1, 0.15) is 6.42 Å². The summed E-state index contributed by atoms with van der Waals surface area (Å²) >= 11 is 0. The predicted octanol–water partition coefficient (Wildman–Crippen LogP) is 1.69. The summed E-state index contributed by atoms with van der Waals surface area (Å²) in [6.45, 7) is 0.502. The van der Waals surface area contributed by atoms with Gasteiger partial charge in [-0.15, -0.1) is 0 Å². The molecule has 0 atom stereocenters. The molecule has 0 spiro atoms. The Morgan fingerprint density at radius 1 is 1.60 bits per heavy atom. The minimum absolute atomic E-state index is 0.130. The number of ether oxygens (including phenoxy) is 1. The molecule has 1 aromatic carbocycles. The van der Waals surface area contributed by atoms with Gasteiger partial charge >= 0.3 is 0 Å². The molecule has 1 N–H and O–H groups in total. The van der Waals surface area contributed by atoms with E-state index in [0.29, 0.717) is 12.3 Å². The number of anilines is 1. The highest BCUT2D eigenvalue weighted by molar-refractivity contribution is 5.92. The van der Waals surface area contributed by atoms with E-state index in [-0.39, 0.29) is 12.3 Å². The van der Waals surface area contributed by atoms with Crippen LogP contribution in [0.2, 0.25) is 0 Å². The molecule has 0 unspecified atom stereocenters. The first kappa shape index (κ1) is 11.2. The second-order valence-corrected chi connectivity index (χ2v) is 3.02. The van der Waals surface area contributed by atoms with Crippen LogP contribution in [0.1, 0.15) is 12.0 Å². The Kier molecular flexibility index (Phi) is 4.32. The van der Waals surface area contributed by atoms with E-state index in [0.717, 1.165) is 5.56 Å². The van der Waals surface area contributed by atoms with Gasteiger partial charge in [0.15, 0.2) is 0 Å². The molecule has 0 aliphatic rings. The van der Waals surface area contributed by atoms with Gasteiger partial charge in [0.05, 0.1) is 12.7 Å². The van der Waals surface area contributed by atoms with E-state index in [4.69, 9.17) is 10.00 Å². The Morgan fingerprint density at radius 2 is 2.40 bits per heavy atom. The van der Waals surface area contributed by atoms with Crippen LogP contribution in [0.5, 0.6) is 0 Å². The van der Waals surface area contributed by atoms with Crippen molar-refractivity contribution in [1.29, 1.82) is 5.26 Å². The Hall–Kier alpha value is -1.86. The van der Waals surface area contributed by atoms with Crippen molar-refractivity contribution in [2.75, 3.05) is 12.4 Å². The van der Waals surface area contributed by atoms with Gasteiger partial charge in [-0.2, -0.15) is 5.26 Å². The first-order chi connectivity index (χ1) is 7.26. The molecule has 0 saturated heterocycles. The van der Waals surface area contributed by atoms with Crippen LogP contribution in [0, 0.1) is 11.3 Å². The molecule has 0 aromatic heterocycles. The summed E-state index contributed by atoms with van der Waals surface area (Å²) in [6, 6.07) is 9.12. The van der Waals surface area contributed by atoms with Crippen LogP contribution in [-0.4, -0.2) is 13.0 Å². The molecule has 0 aliphatic heterocycles. The van der Waals surface area contributed by atoms with Crippen molar-refractivity contribution in [2.24, 2.45) is 0 Å². The van der Waals surface area contributed by atoms with Crippen molar-refractivity contribution >= 4 is 11.6 Å². The van der Waals surface area contributed by atoms with Crippen molar-refractivity contribution in [3.63, 3.8) is 0 Å². The number of amides is 1. The fourth-order valence-corrected chi connectivity index (χ4v) is 1.18. The van der Waals surface area contributed by atoms with E-state index in [1.165, 1.54) is 0 Å². The molecule has 1 rings (SSSR count). The fraction of sp³-hybridized carbons (Fsp3) is 0.273. The van der Waals surface area contributed by atoms with E-state index in [2.05, 4.69) is 5.32 Å². The number of nitrogens with one attached hydrogen (secondary N) is 1. The zero-order valence-electron chi connectivity index (χ0n) is 8.49. The standard InChI is InChI=1S/C11H12N2O2/c1-15-8-9-3-2-4-10(7-9)13-11(14)5-6-12/h2-4,7H,5,8H2,1H3,(H,13,14). The van der Waals surface area contributed by atoms with Crippen molar-refractivity contribution in [3.05, 3.63) is 29.8 Å². The van der Waals surface area contributed by atoms with Crippen LogP contribution in [0.3, 0.4) is 0 Å². The van der Waals surface area contributed by atoms with Crippen molar-refractivity contribution in [3.8, 4) is 6.07 Å². The molecule has 0 heterocycles. The van der Waals surface area contributed by atoms with Gasteiger partial charge in [0, 0.05) is 12.8 Å². The second-order valence-electron chi connectivity index (χ2n) is 3.02. The number of benzene rings is 1. The number of nitrogens with zero attached hydrogens (tertiary/aromatic N) is 1. The van der Waals surface area contributed by atoms with Gasteiger partial charge in [0.2, 0.25) is 5.91 Å². The van der Waals surface area contributed by atoms with Gasteiger partial charge in [-0.1, -0.05) is 12.1 Å². The van der Waals surface area contributed by atoms with Gasteiger partial charge in [-0.05, 0) is 17.7 Å². The van der Waals surface area contributed by atoms with Crippen LogP contribution in [0.4, 0.5) is 5.69 Å². The summed E-state index contributed by atoms with van der Waals surface area (Å²) in [7, 11) is 1.61. The molecule has 4 nitrogen and oxygen atoms in total. The normalized spacial score (nSPS) is 9.33.